The van der Waals surface area contributed by atoms with Crippen LogP contribution < -0.4 is 5.48 Å². The van der Waals surface area contributed by atoms with Gasteiger partial charge in [0.25, 0.3) is 0 Å². The van der Waals surface area contributed by atoms with Crippen LogP contribution in [0.3, 0.4) is 0 Å². The van der Waals surface area contributed by atoms with Crippen molar-refractivity contribution in [2.45, 2.75) is 26.6 Å². The lowest BCUT2D eigenvalue weighted by Crippen LogP contribution is -2.33. The molecule has 0 aliphatic carbocycles. The van der Waals surface area contributed by atoms with Crippen molar-refractivity contribution in [3.63, 3.8) is 0 Å². The molecule has 1 N–H and O–H groups in total. The largest absolute Gasteiger partial charge is 0.346 e. The van der Waals surface area contributed by atoms with Gasteiger partial charge in [-0.3, -0.25) is 0 Å². The Balaban J connectivity index is 3.11. The van der Waals surface area contributed by atoms with Crippen molar-refractivity contribution < 1.29 is 4.53 Å². The fraction of sp³-hybridized carbons (Fsp3) is 1.00. The Morgan fingerprint density at radius 1 is 1.38 bits per heavy atom. The first-order chi connectivity index (χ1) is 3.56. The Kier molecular flexibility index (Phi) is 3.27. The first kappa shape index (κ1) is 8.14. The van der Waals surface area contributed by atoms with E-state index in [1.807, 2.05) is 6.92 Å². The zero-order chi connectivity index (χ0) is 6.62. The predicted octanol–water partition coefficient (Wildman–Crippen LogP) is 1.36. The molecule has 50 valence electrons. The first-order valence-corrected chi connectivity index (χ1v) is 6.38. The molecule has 0 atom stereocenters. The minimum absolute atomic E-state index is 0.893. The molecule has 0 aliphatic rings. The summed E-state index contributed by atoms with van der Waals surface area (Å²) < 4.78 is 5.27. The topological polar surface area (TPSA) is 21.3 Å². The first-order valence-electron chi connectivity index (χ1n) is 2.97. The lowest BCUT2D eigenvalue weighted by atomic mass is 10.8. The van der Waals surface area contributed by atoms with Gasteiger partial charge >= 0.3 is 0 Å². The van der Waals surface area contributed by atoms with Crippen LogP contribution in [0.15, 0.2) is 0 Å². The highest BCUT2D eigenvalue weighted by Crippen LogP contribution is 1.97. The van der Waals surface area contributed by atoms with Gasteiger partial charge in [0.15, 0.2) is 0 Å². The van der Waals surface area contributed by atoms with E-state index in [0.29, 0.717) is 0 Å². The van der Waals surface area contributed by atoms with Crippen LogP contribution in [0.25, 0.3) is 0 Å². The summed E-state index contributed by atoms with van der Waals surface area (Å²) in [6.45, 7) is 9.37. The van der Waals surface area contributed by atoms with Gasteiger partial charge in [-0.2, -0.15) is 0 Å². The number of hydroxylamine groups is 1. The van der Waals surface area contributed by atoms with Gasteiger partial charge in [0.2, 0.25) is 8.32 Å². The molecule has 8 heavy (non-hydrogen) atoms. The summed E-state index contributed by atoms with van der Waals surface area (Å²) in [6, 6.07) is 0. The molecule has 0 unspecified atom stereocenters. The molecule has 0 heterocycles. The van der Waals surface area contributed by atoms with Crippen molar-refractivity contribution in [1.29, 1.82) is 0 Å². The molecule has 0 aromatic rings. The smallest absolute Gasteiger partial charge is 0.211 e. The second kappa shape index (κ2) is 3.22. The average molecular weight is 133 g/mol. The average Bonchev–Trinajstić information content (AvgIpc) is 1.59. The van der Waals surface area contributed by atoms with Crippen molar-refractivity contribution in [2.75, 3.05) is 6.54 Å². The highest BCUT2D eigenvalue weighted by molar-refractivity contribution is 6.69. The van der Waals surface area contributed by atoms with Gasteiger partial charge in [-0.15, -0.1) is 0 Å². The molecular formula is C5H15NOSi. The van der Waals surface area contributed by atoms with E-state index in [1.54, 1.807) is 0 Å². The van der Waals surface area contributed by atoms with E-state index < -0.39 is 8.32 Å². The fourth-order valence-electron chi connectivity index (χ4n) is 0.289. The van der Waals surface area contributed by atoms with E-state index in [0.717, 1.165) is 6.54 Å². The zero-order valence-corrected chi connectivity index (χ0v) is 7.12. The number of hydrogen-bond donors (Lipinski definition) is 1. The van der Waals surface area contributed by atoms with E-state index in [1.165, 1.54) is 0 Å². The second-order valence-corrected chi connectivity index (χ2v) is 7.14. The Labute approximate surface area is 52.3 Å². The Hall–Kier alpha value is 0.137. The molecule has 0 amide bonds. The molecule has 0 aliphatic heterocycles. The quantitative estimate of drug-likeness (QED) is 0.463. The molecule has 0 fully saturated rings. The van der Waals surface area contributed by atoms with Crippen LogP contribution in [0.5, 0.6) is 0 Å². The maximum Gasteiger partial charge on any atom is 0.211 e. The van der Waals surface area contributed by atoms with Crippen LogP contribution in [-0.2, 0) is 4.53 Å². The molecule has 0 radical (unpaired) electrons. The van der Waals surface area contributed by atoms with E-state index in [9.17, 15) is 0 Å². The van der Waals surface area contributed by atoms with Crippen molar-refractivity contribution in [2.24, 2.45) is 0 Å². The normalized spacial score (nSPS) is 12.0. The summed E-state index contributed by atoms with van der Waals surface area (Å²) in [6.07, 6.45) is 0. The molecule has 2 nitrogen and oxygen atoms in total. The third-order valence-corrected chi connectivity index (χ3v) is 1.28. The lowest BCUT2D eigenvalue weighted by Gasteiger charge is -2.15. The van der Waals surface area contributed by atoms with Crippen LogP contribution in [0.2, 0.25) is 19.6 Å². The van der Waals surface area contributed by atoms with Crippen molar-refractivity contribution in [3.8, 4) is 0 Å². The second-order valence-electron chi connectivity index (χ2n) is 2.71. The molecule has 0 aromatic carbocycles. The molecule has 3 heteroatoms. The molecule has 0 rings (SSSR count). The molecule has 0 saturated carbocycles. The maximum atomic E-state index is 5.27. The monoisotopic (exact) mass is 133 g/mol. The minimum Gasteiger partial charge on any atom is -0.346 e. The minimum atomic E-state index is -1.29. The third kappa shape index (κ3) is 6.14. The van der Waals surface area contributed by atoms with Gasteiger partial charge in [0.05, 0.1) is 0 Å². The van der Waals surface area contributed by atoms with Crippen molar-refractivity contribution >= 4 is 8.32 Å². The van der Waals surface area contributed by atoms with Gasteiger partial charge < -0.3 is 4.53 Å². The molecule has 0 saturated heterocycles. The van der Waals surface area contributed by atoms with Gasteiger partial charge in [-0.25, -0.2) is 5.48 Å². The summed E-state index contributed by atoms with van der Waals surface area (Å²) in [5.41, 5.74) is 2.85. The van der Waals surface area contributed by atoms with Gasteiger partial charge in [-0.1, -0.05) is 6.92 Å². The SMILES string of the molecule is CCNO[Si](C)(C)C. The van der Waals surface area contributed by atoms with Gasteiger partial charge in [0.1, 0.15) is 0 Å². The van der Waals surface area contributed by atoms with E-state index >= 15 is 0 Å². The molecule has 0 aromatic heterocycles. The Morgan fingerprint density at radius 2 is 1.88 bits per heavy atom. The van der Waals surface area contributed by atoms with E-state index in [-0.39, 0.29) is 0 Å². The molecule has 0 spiro atoms. The number of hydrogen-bond acceptors (Lipinski definition) is 2. The standard InChI is InChI=1S/C5H15NOSi/c1-5-6-7-8(2,3)4/h6H,5H2,1-4H3. The Morgan fingerprint density at radius 3 is 2.00 bits per heavy atom. The maximum absolute atomic E-state index is 5.27. The summed E-state index contributed by atoms with van der Waals surface area (Å²) >= 11 is 0. The van der Waals surface area contributed by atoms with Crippen LogP contribution in [0, 0.1) is 0 Å². The van der Waals surface area contributed by atoms with E-state index in [2.05, 4.69) is 25.1 Å². The number of rotatable bonds is 3. The molecule has 0 bridgehead atoms. The highest BCUT2D eigenvalue weighted by Gasteiger charge is 2.13. The van der Waals surface area contributed by atoms with Crippen LogP contribution in [0.1, 0.15) is 6.92 Å². The third-order valence-electron chi connectivity index (χ3n) is 0.523. The summed E-state index contributed by atoms with van der Waals surface area (Å²) in [7, 11) is -1.29. The number of nitrogens with one attached hydrogen (secondary N) is 1. The van der Waals surface area contributed by atoms with Crippen molar-refractivity contribution in [1.82, 2.24) is 5.48 Å². The zero-order valence-electron chi connectivity index (χ0n) is 6.12. The lowest BCUT2D eigenvalue weighted by molar-refractivity contribution is 0.194. The van der Waals surface area contributed by atoms with Crippen LogP contribution in [-0.4, -0.2) is 14.9 Å². The summed E-state index contributed by atoms with van der Waals surface area (Å²) in [5, 5.41) is 0. The molecular weight excluding hydrogens is 118 g/mol. The van der Waals surface area contributed by atoms with Gasteiger partial charge in [-0.05, 0) is 19.6 Å². The van der Waals surface area contributed by atoms with Crippen molar-refractivity contribution in [3.05, 3.63) is 0 Å². The van der Waals surface area contributed by atoms with E-state index in [4.69, 9.17) is 4.53 Å². The van der Waals surface area contributed by atoms with Gasteiger partial charge in [0, 0.05) is 6.54 Å². The predicted molar refractivity (Wildman–Crippen MR) is 38.1 cm³/mol. The summed E-state index contributed by atoms with van der Waals surface area (Å²) in [4.78, 5) is 0. The Bertz CT molecular complexity index is 59.9. The summed E-state index contributed by atoms with van der Waals surface area (Å²) in [5.74, 6) is 0. The van der Waals surface area contributed by atoms with Crippen LogP contribution in [0.4, 0.5) is 0 Å². The fourth-order valence-corrected chi connectivity index (χ4v) is 0.866. The van der Waals surface area contributed by atoms with Crippen LogP contribution >= 0.6 is 0 Å². The highest BCUT2D eigenvalue weighted by atomic mass is 28.4.